The normalized spacial score (nSPS) is 10.3. The van der Waals surface area contributed by atoms with E-state index in [1.807, 2.05) is 0 Å². The quantitative estimate of drug-likeness (QED) is 0.580. The van der Waals surface area contributed by atoms with E-state index in [2.05, 4.69) is 0 Å². The predicted octanol–water partition coefficient (Wildman–Crippen LogP) is 3.63. The lowest BCUT2D eigenvalue weighted by Crippen LogP contribution is -2.07. The summed E-state index contributed by atoms with van der Waals surface area (Å²) in [5.74, 6) is 1.13. The molecule has 5 heteroatoms. The highest BCUT2D eigenvalue weighted by molar-refractivity contribution is 6.34. The molecule has 1 rings (SSSR count). The highest BCUT2D eigenvalue weighted by atomic mass is 35.5. The highest BCUT2D eigenvalue weighted by Crippen LogP contribution is 2.23. The second-order valence-electron chi connectivity index (χ2n) is 2.75. The molecule has 0 aromatic heterocycles. The van der Waals surface area contributed by atoms with E-state index >= 15 is 0 Å². The van der Waals surface area contributed by atoms with Crippen LogP contribution in [0.15, 0.2) is 18.2 Å². The van der Waals surface area contributed by atoms with Crippen molar-refractivity contribution in [3.8, 4) is 5.75 Å². The average Bonchev–Trinajstić information content (AvgIpc) is 2.16. The fourth-order valence-corrected chi connectivity index (χ4v) is 1.60. The molecule has 0 N–H and O–H groups in total. The first kappa shape index (κ1) is 12.9. The third-order valence-corrected chi connectivity index (χ3v) is 2.14. The average molecular weight is 270 g/mol. The van der Waals surface area contributed by atoms with E-state index in [9.17, 15) is 0 Å². The Labute approximate surface area is 104 Å². The van der Waals surface area contributed by atoms with Crippen LogP contribution in [0.2, 0.25) is 10.0 Å². The Morgan fingerprint density at radius 2 is 1.60 bits per heavy atom. The zero-order valence-corrected chi connectivity index (χ0v) is 10.3. The largest absolute Gasteiger partial charge is 0.491 e. The van der Waals surface area contributed by atoms with Crippen molar-refractivity contribution >= 4 is 34.8 Å². The van der Waals surface area contributed by atoms with Crippen LogP contribution in [0.5, 0.6) is 5.75 Å². The topological polar surface area (TPSA) is 18.5 Å². The Morgan fingerprint density at radius 1 is 0.933 bits per heavy atom. The summed E-state index contributed by atoms with van der Waals surface area (Å²) in [6.07, 6.45) is 0. The minimum atomic E-state index is 0.452. The van der Waals surface area contributed by atoms with Gasteiger partial charge in [-0.1, -0.05) is 23.2 Å². The van der Waals surface area contributed by atoms with Crippen LogP contribution < -0.4 is 4.74 Å². The van der Waals surface area contributed by atoms with Crippen molar-refractivity contribution in [1.82, 2.24) is 0 Å². The van der Waals surface area contributed by atoms with Gasteiger partial charge in [-0.05, 0) is 18.2 Å². The minimum Gasteiger partial charge on any atom is -0.491 e. The van der Waals surface area contributed by atoms with Gasteiger partial charge in [0.1, 0.15) is 12.4 Å². The van der Waals surface area contributed by atoms with Gasteiger partial charge in [0, 0.05) is 15.9 Å². The Hall–Kier alpha value is -0.150. The van der Waals surface area contributed by atoms with Gasteiger partial charge < -0.3 is 9.47 Å². The van der Waals surface area contributed by atoms with Gasteiger partial charge in [0.2, 0.25) is 0 Å². The molecule has 0 unspecified atom stereocenters. The second-order valence-corrected chi connectivity index (χ2v) is 4.01. The fourth-order valence-electron chi connectivity index (χ4n) is 0.987. The lowest BCUT2D eigenvalue weighted by molar-refractivity contribution is 0.111. The molecule has 1 aromatic rings. The van der Waals surface area contributed by atoms with Crippen molar-refractivity contribution in [2.45, 2.75) is 0 Å². The second kappa shape index (κ2) is 7.18. The monoisotopic (exact) mass is 268 g/mol. The lowest BCUT2D eigenvalue weighted by atomic mass is 10.3. The summed E-state index contributed by atoms with van der Waals surface area (Å²) in [6, 6.07) is 5.06. The van der Waals surface area contributed by atoms with E-state index in [1.165, 1.54) is 0 Å². The first-order chi connectivity index (χ1) is 7.22. The number of rotatable bonds is 6. The van der Waals surface area contributed by atoms with Gasteiger partial charge >= 0.3 is 0 Å². The highest BCUT2D eigenvalue weighted by Gasteiger charge is 1.98. The Kier molecular flexibility index (Phi) is 6.18. The summed E-state index contributed by atoms with van der Waals surface area (Å²) in [6.45, 7) is 1.48. The molecule has 0 amide bonds. The van der Waals surface area contributed by atoms with E-state index < -0.39 is 0 Å². The Morgan fingerprint density at radius 3 is 2.20 bits per heavy atom. The third kappa shape index (κ3) is 5.47. The molecule has 0 aliphatic heterocycles. The first-order valence-corrected chi connectivity index (χ1v) is 5.74. The van der Waals surface area contributed by atoms with Gasteiger partial charge in [-0.2, -0.15) is 0 Å². The SMILES string of the molecule is ClCCOCCOc1cc(Cl)cc(Cl)c1. The molecule has 0 spiro atoms. The van der Waals surface area contributed by atoms with Gasteiger partial charge in [0.15, 0.2) is 0 Å². The van der Waals surface area contributed by atoms with Crippen LogP contribution >= 0.6 is 34.8 Å². The molecule has 0 aliphatic carbocycles. The van der Waals surface area contributed by atoms with E-state index in [4.69, 9.17) is 44.3 Å². The standard InChI is InChI=1S/C10H11Cl3O2/c11-1-2-14-3-4-15-10-6-8(12)5-9(13)7-10/h5-7H,1-4H2. The minimum absolute atomic E-state index is 0.452. The molecule has 0 aliphatic rings. The summed E-state index contributed by atoms with van der Waals surface area (Å²) in [5, 5.41) is 1.11. The molecule has 0 atom stereocenters. The van der Waals surface area contributed by atoms with Crippen LogP contribution in [0, 0.1) is 0 Å². The van der Waals surface area contributed by atoms with Gasteiger partial charge in [0.25, 0.3) is 0 Å². The van der Waals surface area contributed by atoms with Crippen molar-refractivity contribution in [2.24, 2.45) is 0 Å². The third-order valence-electron chi connectivity index (χ3n) is 1.55. The number of halogens is 3. The molecular weight excluding hydrogens is 258 g/mol. The summed E-state index contributed by atoms with van der Waals surface area (Å²) in [7, 11) is 0. The lowest BCUT2D eigenvalue weighted by Gasteiger charge is -2.07. The van der Waals surface area contributed by atoms with Crippen LogP contribution in [0.1, 0.15) is 0 Å². The van der Waals surface area contributed by atoms with E-state index in [0.29, 0.717) is 41.5 Å². The zero-order valence-electron chi connectivity index (χ0n) is 8.01. The summed E-state index contributed by atoms with van der Waals surface area (Å²) in [4.78, 5) is 0. The molecule has 0 radical (unpaired) electrons. The van der Waals surface area contributed by atoms with Gasteiger partial charge in [-0.3, -0.25) is 0 Å². The summed E-state index contributed by atoms with van der Waals surface area (Å²) >= 11 is 17.0. The van der Waals surface area contributed by atoms with Crippen LogP contribution in [0.3, 0.4) is 0 Å². The van der Waals surface area contributed by atoms with E-state index in [0.717, 1.165) is 0 Å². The van der Waals surface area contributed by atoms with Crippen molar-refractivity contribution in [1.29, 1.82) is 0 Å². The molecular formula is C10H11Cl3O2. The van der Waals surface area contributed by atoms with Crippen LogP contribution in [0.25, 0.3) is 0 Å². The van der Waals surface area contributed by atoms with Crippen molar-refractivity contribution in [3.63, 3.8) is 0 Å². The molecule has 0 fully saturated rings. The van der Waals surface area contributed by atoms with Crippen molar-refractivity contribution < 1.29 is 9.47 Å². The van der Waals surface area contributed by atoms with Crippen LogP contribution in [-0.2, 0) is 4.74 Å². The summed E-state index contributed by atoms with van der Waals surface area (Å²) < 4.78 is 10.5. The zero-order chi connectivity index (χ0) is 11.1. The van der Waals surface area contributed by atoms with Crippen molar-refractivity contribution in [2.75, 3.05) is 25.7 Å². The Balaban J connectivity index is 2.31. The number of alkyl halides is 1. The first-order valence-electron chi connectivity index (χ1n) is 4.45. The Bertz CT molecular complexity index is 284. The molecule has 1 aromatic carbocycles. The molecule has 84 valence electrons. The number of hydrogen-bond acceptors (Lipinski definition) is 2. The number of benzene rings is 1. The molecule has 15 heavy (non-hydrogen) atoms. The van der Waals surface area contributed by atoms with Crippen LogP contribution in [0.4, 0.5) is 0 Å². The van der Waals surface area contributed by atoms with Crippen molar-refractivity contribution in [3.05, 3.63) is 28.2 Å². The van der Waals surface area contributed by atoms with Gasteiger partial charge in [-0.25, -0.2) is 0 Å². The number of hydrogen-bond donors (Lipinski definition) is 0. The van der Waals surface area contributed by atoms with E-state index in [1.54, 1.807) is 18.2 Å². The van der Waals surface area contributed by atoms with E-state index in [-0.39, 0.29) is 0 Å². The molecule has 0 bridgehead atoms. The predicted molar refractivity (Wildman–Crippen MR) is 63.5 cm³/mol. The molecule has 0 heterocycles. The molecule has 2 nitrogen and oxygen atoms in total. The fraction of sp³-hybridized carbons (Fsp3) is 0.400. The maximum absolute atomic E-state index is 5.80. The molecule has 0 saturated carbocycles. The van der Waals surface area contributed by atoms with Gasteiger partial charge in [0.05, 0.1) is 13.2 Å². The van der Waals surface area contributed by atoms with Gasteiger partial charge in [-0.15, -0.1) is 11.6 Å². The van der Waals surface area contributed by atoms with Crippen LogP contribution in [-0.4, -0.2) is 25.7 Å². The number of ether oxygens (including phenoxy) is 2. The smallest absolute Gasteiger partial charge is 0.122 e. The molecule has 0 saturated heterocycles. The maximum atomic E-state index is 5.80. The summed E-state index contributed by atoms with van der Waals surface area (Å²) in [5.41, 5.74) is 0. The maximum Gasteiger partial charge on any atom is 0.122 e.